The van der Waals surface area contributed by atoms with Crippen LogP contribution in [0, 0.1) is 5.82 Å². The predicted molar refractivity (Wildman–Crippen MR) is 101 cm³/mol. The Morgan fingerprint density at radius 3 is 2.59 bits per heavy atom. The topological polar surface area (TPSA) is 45.6 Å². The summed E-state index contributed by atoms with van der Waals surface area (Å²) in [5.74, 6) is 0.553. The molecule has 0 aromatic heterocycles. The Hall–Kier alpha value is -0.890. The first-order valence-electron chi connectivity index (χ1n) is 7.53. The molecule has 0 amide bonds. The van der Waals surface area contributed by atoms with Crippen LogP contribution in [0.15, 0.2) is 29.3 Å². The summed E-state index contributed by atoms with van der Waals surface area (Å²) in [4.78, 5) is 4.12. The lowest BCUT2D eigenvalue weighted by molar-refractivity contribution is 0.136. The van der Waals surface area contributed by atoms with Crippen LogP contribution >= 0.6 is 24.0 Å². The molecule has 6 heteroatoms. The number of nitrogens with zero attached hydrogens (tertiary/aromatic N) is 1. The molecule has 0 radical (unpaired) electrons. The molecular formula is C16H27FIN3O. The second-order valence-corrected chi connectivity index (χ2v) is 4.73. The molecule has 0 fully saturated rings. The molecule has 0 spiro atoms. The molecule has 0 aliphatic carbocycles. The number of guanidine groups is 1. The Balaban J connectivity index is 0.00000441. The third kappa shape index (κ3) is 9.19. The van der Waals surface area contributed by atoms with Crippen molar-refractivity contribution in [1.29, 1.82) is 0 Å². The fourth-order valence-electron chi connectivity index (χ4n) is 1.83. The van der Waals surface area contributed by atoms with E-state index in [2.05, 4.69) is 22.5 Å². The smallest absolute Gasteiger partial charge is 0.191 e. The van der Waals surface area contributed by atoms with Gasteiger partial charge in [0, 0.05) is 26.7 Å². The Morgan fingerprint density at radius 1 is 1.18 bits per heavy atom. The van der Waals surface area contributed by atoms with Crippen LogP contribution in [0.4, 0.5) is 4.39 Å². The van der Waals surface area contributed by atoms with E-state index in [1.807, 2.05) is 6.07 Å². The molecule has 0 bridgehead atoms. The van der Waals surface area contributed by atoms with Crippen LogP contribution in [-0.4, -0.2) is 39.3 Å². The van der Waals surface area contributed by atoms with Crippen LogP contribution in [0.3, 0.4) is 0 Å². The molecule has 22 heavy (non-hydrogen) atoms. The molecule has 1 aromatic rings. The van der Waals surface area contributed by atoms with Gasteiger partial charge in [-0.25, -0.2) is 4.39 Å². The summed E-state index contributed by atoms with van der Waals surface area (Å²) in [6, 6.07) is 6.83. The Morgan fingerprint density at radius 2 is 1.91 bits per heavy atom. The minimum absolute atomic E-state index is 0. The number of hydrogen-bond acceptors (Lipinski definition) is 2. The highest BCUT2D eigenvalue weighted by Crippen LogP contribution is 2.05. The number of halogens is 2. The molecule has 1 rings (SSSR count). The first-order valence-corrected chi connectivity index (χ1v) is 7.53. The zero-order chi connectivity index (χ0) is 15.3. The van der Waals surface area contributed by atoms with Gasteiger partial charge >= 0.3 is 0 Å². The second kappa shape index (κ2) is 13.8. The van der Waals surface area contributed by atoms with Gasteiger partial charge in [0.2, 0.25) is 0 Å². The van der Waals surface area contributed by atoms with Crippen LogP contribution in [-0.2, 0) is 11.2 Å². The maximum absolute atomic E-state index is 13.5. The number of benzene rings is 1. The minimum atomic E-state index is -0.161. The Labute approximate surface area is 149 Å². The molecule has 0 saturated carbocycles. The Bertz CT molecular complexity index is 430. The zero-order valence-electron chi connectivity index (χ0n) is 13.4. The van der Waals surface area contributed by atoms with Gasteiger partial charge in [-0.2, -0.15) is 0 Å². The maximum atomic E-state index is 13.5. The predicted octanol–water partition coefficient (Wildman–Crippen LogP) is 2.97. The third-order valence-electron chi connectivity index (χ3n) is 3.05. The first-order chi connectivity index (χ1) is 10.3. The molecule has 1 aromatic carbocycles. The van der Waals surface area contributed by atoms with Crippen molar-refractivity contribution < 1.29 is 9.13 Å². The van der Waals surface area contributed by atoms with E-state index in [9.17, 15) is 4.39 Å². The van der Waals surface area contributed by atoms with E-state index >= 15 is 0 Å². The van der Waals surface area contributed by atoms with E-state index in [0.717, 1.165) is 19.4 Å². The summed E-state index contributed by atoms with van der Waals surface area (Å²) in [7, 11) is 1.72. The summed E-state index contributed by atoms with van der Waals surface area (Å²) in [6.07, 6.45) is 2.86. The molecule has 0 aliphatic rings. The SMILES string of the molecule is CCCCOCCNC(=NC)NCCc1ccccc1F.I. The third-order valence-corrected chi connectivity index (χ3v) is 3.05. The lowest BCUT2D eigenvalue weighted by atomic mass is 10.1. The standard InChI is InChI=1S/C16H26FN3O.HI/c1-3-4-12-21-13-11-20-16(18-2)19-10-9-14-7-5-6-8-15(14)17;/h5-8H,3-4,9-13H2,1-2H3,(H2,18,19,20);1H. The fraction of sp³-hybridized carbons (Fsp3) is 0.562. The average Bonchev–Trinajstić information content (AvgIpc) is 2.50. The van der Waals surface area contributed by atoms with Gasteiger partial charge in [0.1, 0.15) is 5.82 Å². The number of unbranched alkanes of at least 4 members (excludes halogenated alkanes) is 1. The van der Waals surface area contributed by atoms with Crippen molar-refractivity contribution in [2.45, 2.75) is 26.2 Å². The van der Waals surface area contributed by atoms with E-state index < -0.39 is 0 Å². The van der Waals surface area contributed by atoms with Gasteiger partial charge < -0.3 is 15.4 Å². The van der Waals surface area contributed by atoms with Crippen molar-refractivity contribution in [1.82, 2.24) is 10.6 Å². The van der Waals surface area contributed by atoms with E-state index in [1.54, 1.807) is 19.2 Å². The molecule has 0 saturated heterocycles. The van der Waals surface area contributed by atoms with E-state index in [-0.39, 0.29) is 29.8 Å². The molecule has 4 nitrogen and oxygen atoms in total. The van der Waals surface area contributed by atoms with Crippen molar-refractivity contribution in [3.63, 3.8) is 0 Å². The molecule has 0 heterocycles. The van der Waals surface area contributed by atoms with Crippen LogP contribution in [0.5, 0.6) is 0 Å². The molecule has 126 valence electrons. The number of ether oxygens (including phenoxy) is 1. The second-order valence-electron chi connectivity index (χ2n) is 4.73. The summed E-state index contributed by atoms with van der Waals surface area (Å²) in [5, 5.41) is 6.33. The highest BCUT2D eigenvalue weighted by atomic mass is 127. The van der Waals surface area contributed by atoms with E-state index in [1.165, 1.54) is 6.07 Å². The number of aliphatic imine (C=N–C) groups is 1. The van der Waals surface area contributed by atoms with E-state index in [4.69, 9.17) is 4.74 Å². The number of rotatable bonds is 9. The summed E-state index contributed by atoms with van der Waals surface area (Å²) < 4.78 is 18.9. The normalized spacial score (nSPS) is 11.0. The van der Waals surface area contributed by atoms with Gasteiger partial charge in [-0.05, 0) is 24.5 Å². The molecule has 2 N–H and O–H groups in total. The largest absolute Gasteiger partial charge is 0.380 e. The van der Waals surface area contributed by atoms with Crippen LogP contribution in [0.25, 0.3) is 0 Å². The van der Waals surface area contributed by atoms with Crippen molar-refractivity contribution in [3.05, 3.63) is 35.6 Å². The summed E-state index contributed by atoms with van der Waals surface area (Å²) >= 11 is 0. The minimum Gasteiger partial charge on any atom is -0.380 e. The summed E-state index contributed by atoms with van der Waals surface area (Å²) in [5.41, 5.74) is 0.711. The quantitative estimate of drug-likeness (QED) is 0.278. The number of hydrogen-bond donors (Lipinski definition) is 2. The molecule has 0 atom stereocenters. The maximum Gasteiger partial charge on any atom is 0.191 e. The van der Waals surface area contributed by atoms with Crippen molar-refractivity contribution in [2.75, 3.05) is 33.4 Å². The van der Waals surface area contributed by atoms with Crippen LogP contribution < -0.4 is 10.6 Å². The van der Waals surface area contributed by atoms with Gasteiger partial charge in [-0.15, -0.1) is 24.0 Å². The van der Waals surface area contributed by atoms with Crippen molar-refractivity contribution >= 4 is 29.9 Å². The fourth-order valence-corrected chi connectivity index (χ4v) is 1.83. The van der Waals surface area contributed by atoms with Gasteiger partial charge in [0.15, 0.2) is 5.96 Å². The molecule has 0 unspecified atom stereocenters. The van der Waals surface area contributed by atoms with Crippen molar-refractivity contribution in [3.8, 4) is 0 Å². The van der Waals surface area contributed by atoms with Crippen LogP contribution in [0.1, 0.15) is 25.3 Å². The summed E-state index contributed by atoms with van der Waals surface area (Å²) in [6.45, 7) is 4.95. The van der Waals surface area contributed by atoms with Gasteiger partial charge in [-0.3, -0.25) is 4.99 Å². The lowest BCUT2D eigenvalue weighted by Gasteiger charge is -2.12. The van der Waals surface area contributed by atoms with Crippen molar-refractivity contribution in [2.24, 2.45) is 4.99 Å². The molecule has 0 aliphatic heterocycles. The lowest BCUT2D eigenvalue weighted by Crippen LogP contribution is -2.39. The highest BCUT2D eigenvalue weighted by molar-refractivity contribution is 14.0. The average molecular weight is 423 g/mol. The number of nitrogens with one attached hydrogen (secondary N) is 2. The van der Waals surface area contributed by atoms with E-state index in [0.29, 0.717) is 37.6 Å². The highest BCUT2D eigenvalue weighted by Gasteiger charge is 2.01. The monoisotopic (exact) mass is 423 g/mol. The Kier molecular flexibility index (Phi) is 13.2. The molecular weight excluding hydrogens is 396 g/mol. The zero-order valence-corrected chi connectivity index (χ0v) is 15.7. The van der Waals surface area contributed by atoms with Gasteiger partial charge in [-0.1, -0.05) is 31.5 Å². The van der Waals surface area contributed by atoms with Crippen LogP contribution in [0.2, 0.25) is 0 Å². The van der Waals surface area contributed by atoms with Gasteiger partial charge in [0.05, 0.1) is 6.61 Å². The van der Waals surface area contributed by atoms with Gasteiger partial charge in [0.25, 0.3) is 0 Å². The first kappa shape index (κ1) is 21.1.